The number of nitrogens with one attached hydrogen (secondary N) is 1. The lowest BCUT2D eigenvalue weighted by Crippen LogP contribution is -2.14. The molecular formula is C16H19ClN2O. The Morgan fingerprint density at radius 3 is 2.75 bits per heavy atom. The zero-order chi connectivity index (χ0) is 14.4. The second-order valence-electron chi connectivity index (χ2n) is 4.57. The Bertz CT molecular complexity index is 555. The quantitative estimate of drug-likeness (QED) is 0.819. The molecule has 2 aromatic rings. The molecule has 2 rings (SSSR count). The van der Waals surface area contributed by atoms with Gasteiger partial charge in [-0.25, -0.2) is 4.98 Å². The molecule has 20 heavy (non-hydrogen) atoms. The summed E-state index contributed by atoms with van der Waals surface area (Å²) in [6, 6.07) is 9.82. The molecule has 1 aromatic carbocycles. The molecule has 3 nitrogen and oxygen atoms in total. The van der Waals surface area contributed by atoms with Crippen LogP contribution in [0.2, 0.25) is 5.02 Å². The smallest absolute Gasteiger partial charge is 0.212 e. The lowest BCUT2D eigenvalue weighted by Gasteiger charge is -2.11. The lowest BCUT2D eigenvalue weighted by atomic mass is 10.0. The first-order chi connectivity index (χ1) is 9.74. The maximum Gasteiger partial charge on any atom is 0.212 e. The molecule has 0 atom stereocenters. The molecule has 1 heterocycles. The fourth-order valence-electron chi connectivity index (χ4n) is 2.03. The van der Waals surface area contributed by atoms with Crippen molar-refractivity contribution in [2.24, 2.45) is 0 Å². The normalized spacial score (nSPS) is 10.6. The maximum absolute atomic E-state index is 6.12. The van der Waals surface area contributed by atoms with Crippen LogP contribution < -0.4 is 10.1 Å². The van der Waals surface area contributed by atoms with Crippen molar-refractivity contribution in [1.82, 2.24) is 10.3 Å². The van der Waals surface area contributed by atoms with Gasteiger partial charge in [-0.2, -0.15) is 0 Å². The molecule has 0 spiro atoms. The van der Waals surface area contributed by atoms with Crippen LogP contribution in [0.1, 0.15) is 18.9 Å². The molecule has 0 aliphatic carbocycles. The standard InChI is InChI=1S/C16H19ClN2O/c1-3-8-18-10-12-4-6-14(17)9-15(12)13-5-7-16(20-2)19-11-13/h4-7,9,11,18H,3,8,10H2,1-2H3. The Morgan fingerprint density at radius 2 is 2.10 bits per heavy atom. The molecule has 1 aromatic heterocycles. The van der Waals surface area contributed by atoms with Crippen molar-refractivity contribution < 1.29 is 4.74 Å². The van der Waals surface area contributed by atoms with Crippen molar-refractivity contribution in [2.45, 2.75) is 19.9 Å². The minimum Gasteiger partial charge on any atom is -0.481 e. The average molecular weight is 291 g/mol. The molecule has 1 N–H and O–H groups in total. The second-order valence-corrected chi connectivity index (χ2v) is 5.00. The van der Waals surface area contributed by atoms with E-state index in [4.69, 9.17) is 16.3 Å². The molecule has 0 radical (unpaired) electrons. The summed E-state index contributed by atoms with van der Waals surface area (Å²) in [5.41, 5.74) is 3.37. The van der Waals surface area contributed by atoms with E-state index in [1.54, 1.807) is 7.11 Å². The van der Waals surface area contributed by atoms with Gasteiger partial charge in [0.25, 0.3) is 0 Å². The first-order valence-corrected chi connectivity index (χ1v) is 7.12. The van der Waals surface area contributed by atoms with Crippen molar-refractivity contribution >= 4 is 11.6 Å². The third kappa shape index (κ3) is 3.71. The van der Waals surface area contributed by atoms with Crippen molar-refractivity contribution in [2.75, 3.05) is 13.7 Å². The second kappa shape index (κ2) is 7.27. The van der Waals surface area contributed by atoms with Gasteiger partial charge in [0.05, 0.1) is 7.11 Å². The summed E-state index contributed by atoms with van der Waals surface area (Å²) in [6.45, 7) is 3.98. The van der Waals surface area contributed by atoms with E-state index >= 15 is 0 Å². The Kier molecular flexibility index (Phi) is 5.39. The number of hydrogen-bond acceptors (Lipinski definition) is 3. The highest BCUT2D eigenvalue weighted by atomic mass is 35.5. The topological polar surface area (TPSA) is 34.1 Å². The number of pyridine rings is 1. The van der Waals surface area contributed by atoms with E-state index in [1.165, 1.54) is 5.56 Å². The maximum atomic E-state index is 6.12. The van der Waals surface area contributed by atoms with Gasteiger partial charge in [0.2, 0.25) is 5.88 Å². The zero-order valence-corrected chi connectivity index (χ0v) is 12.6. The van der Waals surface area contributed by atoms with Crippen molar-refractivity contribution in [1.29, 1.82) is 0 Å². The number of methoxy groups -OCH3 is 1. The van der Waals surface area contributed by atoms with Crippen LogP contribution in [-0.4, -0.2) is 18.6 Å². The number of ether oxygens (including phenoxy) is 1. The van der Waals surface area contributed by atoms with Gasteiger partial charge in [-0.3, -0.25) is 0 Å². The predicted octanol–water partition coefficient (Wildman–Crippen LogP) is 3.91. The van der Waals surface area contributed by atoms with Gasteiger partial charge in [-0.1, -0.05) is 24.6 Å². The van der Waals surface area contributed by atoms with E-state index in [1.807, 2.05) is 30.5 Å². The van der Waals surface area contributed by atoms with Gasteiger partial charge >= 0.3 is 0 Å². The van der Waals surface area contributed by atoms with E-state index in [-0.39, 0.29) is 0 Å². The fourth-order valence-corrected chi connectivity index (χ4v) is 2.20. The summed E-state index contributed by atoms with van der Waals surface area (Å²) in [6.07, 6.45) is 2.93. The summed E-state index contributed by atoms with van der Waals surface area (Å²) in [7, 11) is 1.61. The number of nitrogens with zero attached hydrogens (tertiary/aromatic N) is 1. The van der Waals surface area contributed by atoms with E-state index in [9.17, 15) is 0 Å². The largest absolute Gasteiger partial charge is 0.481 e. The number of halogens is 1. The van der Waals surface area contributed by atoms with Crippen LogP contribution in [0, 0.1) is 0 Å². The molecule has 106 valence electrons. The Morgan fingerprint density at radius 1 is 1.25 bits per heavy atom. The number of aromatic nitrogens is 1. The molecule has 4 heteroatoms. The molecule has 0 bridgehead atoms. The van der Waals surface area contributed by atoms with Crippen molar-refractivity contribution in [3.63, 3.8) is 0 Å². The van der Waals surface area contributed by atoms with Crippen LogP contribution >= 0.6 is 11.6 Å². The van der Waals surface area contributed by atoms with E-state index in [0.717, 1.165) is 35.7 Å². The van der Waals surface area contributed by atoms with Gasteiger partial charge in [0.1, 0.15) is 0 Å². The number of hydrogen-bond donors (Lipinski definition) is 1. The highest BCUT2D eigenvalue weighted by molar-refractivity contribution is 6.30. The van der Waals surface area contributed by atoms with Gasteiger partial charge in [-0.15, -0.1) is 0 Å². The van der Waals surface area contributed by atoms with Gasteiger partial charge in [-0.05, 0) is 42.3 Å². The van der Waals surface area contributed by atoms with Crippen LogP contribution in [0.25, 0.3) is 11.1 Å². The number of benzene rings is 1. The van der Waals surface area contributed by atoms with E-state index < -0.39 is 0 Å². The molecular weight excluding hydrogens is 272 g/mol. The fraction of sp³-hybridized carbons (Fsp3) is 0.312. The molecule has 0 saturated heterocycles. The molecule has 0 aliphatic heterocycles. The summed E-state index contributed by atoms with van der Waals surface area (Å²) in [5.74, 6) is 0.612. The Balaban J connectivity index is 2.29. The summed E-state index contributed by atoms with van der Waals surface area (Å²) < 4.78 is 5.09. The van der Waals surface area contributed by atoms with Crippen LogP contribution in [0.3, 0.4) is 0 Å². The lowest BCUT2D eigenvalue weighted by molar-refractivity contribution is 0.398. The third-order valence-corrected chi connectivity index (χ3v) is 3.31. The van der Waals surface area contributed by atoms with Crippen LogP contribution in [0.4, 0.5) is 0 Å². The molecule has 0 aliphatic rings. The predicted molar refractivity (Wildman–Crippen MR) is 83.2 cm³/mol. The molecule has 0 amide bonds. The van der Waals surface area contributed by atoms with Crippen molar-refractivity contribution in [3.8, 4) is 17.0 Å². The summed E-state index contributed by atoms with van der Waals surface area (Å²) in [4.78, 5) is 4.26. The molecule has 0 unspecified atom stereocenters. The van der Waals surface area contributed by atoms with Gasteiger partial charge in [0.15, 0.2) is 0 Å². The Hall–Kier alpha value is -1.58. The summed E-state index contributed by atoms with van der Waals surface area (Å²) in [5, 5.41) is 4.15. The summed E-state index contributed by atoms with van der Waals surface area (Å²) >= 11 is 6.12. The monoisotopic (exact) mass is 290 g/mol. The highest BCUT2D eigenvalue weighted by Gasteiger charge is 2.07. The van der Waals surface area contributed by atoms with Crippen molar-refractivity contribution in [3.05, 3.63) is 47.1 Å². The van der Waals surface area contributed by atoms with Gasteiger partial charge in [0, 0.05) is 29.4 Å². The SMILES string of the molecule is CCCNCc1ccc(Cl)cc1-c1ccc(OC)nc1. The minimum absolute atomic E-state index is 0.612. The minimum atomic E-state index is 0.612. The van der Waals surface area contributed by atoms with Gasteiger partial charge < -0.3 is 10.1 Å². The molecule has 0 saturated carbocycles. The average Bonchev–Trinajstić information content (AvgIpc) is 2.49. The molecule has 0 fully saturated rings. The zero-order valence-electron chi connectivity index (χ0n) is 11.8. The highest BCUT2D eigenvalue weighted by Crippen LogP contribution is 2.27. The first kappa shape index (κ1) is 14.8. The third-order valence-electron chi connectivity index (χ3n) is 3.07. The van der Waals surface area contributed by atoms with E-state index in [2.05, 4.69) is 23.3 Å². The first-order valence-electron chi connectivity index (χ1n) is 6.74. The van der Waals surface area contributed by atoms with Crippen LogP contribution in [0.15, 0.2) is 36.5 Å². The number of rotatable bonds is 6. The Labute approximate surface area is 124 Å². The van der Waals surface area contributed by atoms with Crippen LogP contribution in [0.5, 0.6) is 5.88 Å². The van der Waals surface area contributed by atoms with E-state index in [0.29, 0.717) is 5.88 Å². The van der Waals surface area contributed by atoms with Crippen LogP contribution in [-0.2, 0) is 6.54 Å².